The van der Waals surface area contributed by atoms with Crippen molar-refractivity contribution in [2.24, 2.45) is 5.10 Å². The van der Waals surface area contributed by atoms with Crippen LogP contribution in [0.5, 0.6) is 0 Å². The van der Waals surface area contributed by atoms with Crippen LogP contribution in [-0.2, 0) is 21.2 Å². The summed E-state index contributed by atoms with van der Waals surface area (Å²) in [5, 5.41) is 12.7. The monoisotopic (exact) mass is 603 g/mol. The minimum Gasteiger partial charge on any atom is -0.311 e. The number of nitrogens with one attached hydrogen (secondary N) is 1. The predicted octanol–water partition coefficient (Wildman–Crippen LogP) is 5.52. The number of allylic oxidation sites excluding steroid dienone is 6. The Morgan fingerprint density at radius 1 is 1.16 bits per heavy atom. The van der Waals surface area contributed by atoms with Gasteiger partial charge in [-0.3, -0.25) is 4.79 Å². The van der Waals surface area contributed by atoms with Gasteiger partial charge in [0.2, 0.25) is 15.9 Å². The molecule has 0 fully saturated rings. The minimum absolute atomic E-state index is 0.215. The van der Waals surface area contributed by atoms with E-state index >= 15 is 0 Å². The second-order valence-corrected chi connectivity index (χ2v) is 11.7. The van der Waals surface area contributed by atoms with Gasteiger partial charge in [0.15, 0.2) is 5.65 Å². The van der Waals surface area contributed by atoms with E-state index in [1.165, 1.54) is 11.2 Å². The second-order valence-electron chi connectivity index (χ2n) is 9.76. The maximum Gasteiger partial charge on any atom is 0.243 e. The van der Waals surface area contributed by atoms with Crippen LogP contribution < -0.4 is 10.3 Å². The number of aryl methyl sites for hydroxylation is 2. The van der Waals surface area contributed by atoms with Crippen molar-refractivity contribution >= 4 is 34.0 Å². The van der Waals surface area contributed by atoms with Crippen molar-refractivity contribution in [1.82, 2.24) is 24.2 Å². The first kappa shape index (κ1) is 33.2. The standard InChI is InChI=1S/C26H36N4O3S.C6H5N3/c1-7-23-19-20(4)13-17-25(23)30(27-6)26(28-21(5)31)18-15-22-11-10-12-24(16-14-22)34(32,33)29(8-2)9-3;1-3-7-6-2-4-8-9(6)5-1/h10,12-14,16-19H,6-9,11,15H2,1-5H3,(H,28,31);1-5H/b26-18-;. The highest BCUT2D eigenvalue weighted by molar-refractivity contribution is 7.93. The molecular weight excluding hydrogens is 562 g/mol. The SMILES string of the molecule is C=NN(/C(=C\CC1=CC=C(S(=O)(=O)N(CC)CC)C=CC1)NC(C)=O)c1ccc(C)cc1CC.c1cnc2ccnn2c1. The zero-order chi connectivity index (χ0) is 31.4. The van der Waals surface area contributed by atoms with E-state index in [0.29, 0.717) is 31.8 Å². The molecule has 4 rings (SSSR count). The van der Waals surface area contributed by atoms with Crippen molar-refractivity contribution < 1.29 is 13.2 Å². The third kappa shape index (κ3) is 8.82. The van der Waals surface area contributed by atoms with Gasteiger partial charge in [0, 0.05) is 45.2 Å². The molecule has 1 aromatic carbocycles. The Hall–Kier alpha value is -4.35. The van der Waals surface area contributed by atoms with E-state index in [1.807, 2.05) is 69.5 Å². The molecule has 0 atom stereocenters. The lowest BCUT2D eigenvalue weighted by Gasteiger charge is -2.24. The van der Waals surface area contributed by atoms with Crippen LogP contribution in [0.4, 0.5) is 5.69 Å². The molecule has 1 N–H and O–H groups in total. The molecule has 3 aromatic rings. The second kappa shape index (κ2) is 15.8. The molecule has 0 radical (unpaired) electrons. The highest BCUT2D eigenvalue weighted by Gasteiger charge is 2.23. The summed E-state index contributed by atoms with van der Waals surface area (Å²) < 4.78 is 28.9. The highest BCUT2D eigenvalue weighted by atomic mass is 32.2. The van der Waals surface area contributed by atoms with E-state index in [4.69, 9.17) is 0 Å². The summed E-state index contributed by atoms with van der Waals surface area (Å²) in [4.78, 5) is 16.3. The third-order valence-electron chi connectivity index (χ3n) is 6.73. The van der Waals surface area contributed by atoms with Crippen LogP contribution in [-0.4, -0.2) is 53.0 Å². The lowest BCUT2D eigenvalue weighted by atomic mass is 10.1. The fourth-order valence-electron chi connectivity index (χ4n) is 4.53. The zero-order valence-corrected chi connectivity index (χ0v) is 26.4. The molecule has 2 heterocycles. The number of nitrogens with zero attached hydrogens (tertiary/aromatic N) is 6. The molecule has 0 unspecified atom stereocenters. The number of anilines is 1. The number of fused-ring (bicyclic) bond motifs is 1. The van der Waals surface area contributed by atoms with Crippen LogP contribution in [0.25, 0.3) is 5.65 Å². The van der Waals surface area contributed by atoms with Crippen molar-refractivity contribution in [3.05, 3.63) is 107 Å². The first-order valence-corrected chi connectivity index (χ1v) is 15.7. The van der Waals surface area contributed by atoms with Crippen molar-refractivity contribution in [1.29, 1.82) is 0 Å². The van der Waals surface area contributed by atoms with Gasteiger partial charge in [-0.25, -0.2) is 22.9 Å². The van der Waals surface area contributed by atoms with E-state index in [9.17, 15) is 13.2 Å². The van der Waals surface area contributed by atoms with Crippen LogP contribution in [0, 0.1) is 6.92 Å². The summed E-state index contributed by atoms with van der Waals surface area (Å²) in [6.45, 7) is 13.8. The summed E-state index contributed by atoms with van der Waals surface area (Å²) in [6, 6.07) is 9.78. The van der Waals surface area contributed by atoms with E-state index in [2.05, 4.69) is 40.2 Å². The molecule has 1 aliphatic carbocycles. The average Bonchev–Trinajstić information content (AvgIpc) is 3.34. The van der Waals surface area contributed by atoms with Crippen LogP contribution in [0.15, 0.2) is 101 Å². The molecule has 1 aliphatic rings. The summed E-state index contributed by atoms with van der Waals surface area (Å²) in [7, 11) is -3.52. The maximum atomic E-state index is 12.9. The van der Waals surface area contributed by atoms with Crippen LogP contribution in [0.1, 0.15) is 51.7 Å². The van der Waals surface area contributed by atoms with Crippen molar-refractivity contribution in [3.63, 3.8) is 0 Å². The highest BCUT2D eigenvalue weighted by Crippen LogP contribution is 2.27. The van der Waals surface area contributed by atoms with Gasteiger partial charge in [-0.1, -0.05) is 56.2 Å². The first-order valence-electron chi connectivity index (χ1n) is 14.3. The molecule has 0 spiro atoms. The number of carbonyl (C=O) groups is 1. The molecule has 0 aliphatic heterocycles. The van der Waals surface area contributed by atoms with Gasteiger partial charge in [-0.2, -0.15) is 14.5 Å². The maximum absolute atomic E-state index is 12.9. The molecule has 0 saturated carbocycles. The van der Waals surface area contributed by atoms with Gasteiger partial charge >= 0.3 is 0 Å². The van der Waals surface area contributed by atoms with Crippen molar-refractivity contribution in [2.75, 3.05) is 18.1 Å². The molecule has 0 bridgehead atoms. The summed E-state index contributed by atoms with van der Waals surface area (Å²) in [6.07, 6.45) is 16.1. The van der Waals surface area contributed by atoms with Gasteiger partial charge in [0.25, 0.3) is 0 Å². The van der Waals surface area contributed by atoms with Crippen LogP contribution in [0.3, 0.4) is 0 Å². The number of hydrazone groups is 1. The molecule has 11 heteroatoms. The van der Waals surface area contributed by atoms with Gasteiger partial charge in [-0.15, -0.1) is 0 Å². The lowest BCUT2D eigenvalue weighted by Crippen LogP contribution is -2.31. The van der Waals surface area contributed by atoms with E-state index in [0.717, 1.165) is 34.5 Å². The molecule has 2 aromatic heterocycles. The number of benzene rings is 1. The van der Waals surface area contributed by atoms with E-state index < -0.39 is 10.0 Å². The van der Waals surface area contributed by atoms with Crippen molar-refractivity contribution in [3.8, 4) is 0 Å². The fourth-order valence-corrected chi connectivity index (χ4v) is 6.02. The average molecular weight is 604 g/mol. The Kier molecular flexibility index (Phi) is 12.2. The van der Waals surface area contributed by atoms with Gasteiger partial charge in [0.05, 0.1) is 16.8 Å². The van der Waals surface area contributed by atoms with Crippen molar-refractivity contribution in [2.45, 2.75) is 53.9 Å². The Balaban J connectivity index is 0.000000471. The molecule has 228 valence electrons. The molecule has 43 heavy (non-hydrogen) atoms. The third-order valence-corrected chi connectivity index (χ3v) is 8.80. The summed E-state index contributed by atoms with van der Waals surface area (Å²) in [5.74, 6) is 0.294. The Labute approximate surface area is 254 Å². The fraction of sp³-hybridized carbons (Fsp3) is 0.312. The Morgan fingerprint density at radius 2 is 1.93 bits per heavy atom. The van der Waals surface area contributed by atoms with Gasteiger partial charge in [0.1, 0.15) is 5.82 Å². The smallest absolute Gasteiger partial charge is 0.243 e. The molecule has 10 nitrogen and oxygen atoms in total. The number of amides is 1. The lowest BCUT2D eigenvalue weighted by molar-refractivity contribution is -0.118. The molecule has 1 amide bonds. The predicted molar refractivity (Wildman–Crippen MR) is 174 cm³/mol. The topological polar surface area (TPSA) is 112 Å². The Bertz CT molecular complexity index is 1620. The zero-order valence-electron chi connectivity index (χ0n) is 25.6. The number of carbonyl (C=O) groups excluding carboxylic acids is 1. The first-order chi connectivity index (χ1) is 20.6. The van der Waals surface area contributed by atoms with Gasteiger partial charge < -0.3 is 5.32 Å². The van der Waals surface area contributed by atoms with Crippen LogP contribution >= 0.6 is 0 Å². The van der Waals surface area contributed by atoms with E-state index in [-0.39, 0.29) is 10.8 Å². The summed E-state index contributed by atoms with van der Waals surface area (Å²) >= 11 is 0. The van der Waals surface area contributed by atoms with E-state index in [1.54, 1.807) is 34.1 Å². The summed E-state index contributed by atoms with van der Waals surface area (Å²) in [5.41, 5.74) is 4.98. The molecular formula is C32H41N7O3S. The number of sulfonamides is 1. The largest absolute Gasteiger partial charge is 0.311 e. The number of hydrogen-bond acceptors (Lipinski definition) is 7. The van der Waals surface area contributed by atoms with Gasteiger partial charge in [-0.05, 0) is 62.1 Å². The molecule has 0 saturated heterocycles. The Morgan fingerprint density at radius 3 is 2.58 bits per heavy atom. The number of rotatable bonds is 11. The minimum atomic E-state index is -3.52. The normalized spacial score (nSPS) is 13.5. The number of hydrogen-bond donors (Lipinski definition) is 1. The van der Waals surface area contributed by atoms with Crippen LogP contribution in [0.2, 0.25) is 0 Å². The quantitative estimate of drug-likeness (QED) is 0.228. The number of aromatic nitrogens is 3.